The van der Waals surface area contributed by atoms with Gasteiger partial charge in [-0.05, 0) is 71.6 Å². The lowest BCUT2D eigenvalue weighted by molar-refractivity contribution is -0.143. The van der Waals surface area contributed by atoms with Gasteiger partial charge in [-0.15, -0.1) is 11.3 Å². The van der Waals surface area contributed by atoms with E-state index in [2.05, 4.69) is 42.3 Å². The van der Waals surface area contributed by atoms with Crippen LogP contribution >= 0.6 is 22.9 Å². The molecule has 0 aromatic carbocycles. The van der Waals surface area contributed by atoms with Crippen LogP contribution in [0.4, 0.5) is 0 Å². The van der Waals surface area contributed by atoms with Gasteiger partial charge in [-0.1, -0.05) is 11.6 Å². The number of hydrogen-bond acceptors (Lipinski definition) is 7. The lowest BCUT2D eigenvalue weighted by atomic mass is 10.1. The van der Waals surface area contributed by atoms with Gasteiger partial charge in [0.05, 0.1) is 16.8 Å². The molecule has 2 aromatic rings. The van der Waals surface area contributed by atoms with E-state index in [0.717, 1.165) is 30.7 Å². The molecule has 2 aliphatic heterocycles. The highest BCUT2D eigenvalue weighted by Crippen LogP contribution is 2.29. The number of carbonyl (C=O) groups is 2. The van der Waals surface area contributed by atoms with Gasteiger partial charge in [0.2, 0.25) is 11.8 Å². The van der Waals surface area contributed by atoms with Crippen LogP contribution in [0.25, 0.3) is 10.2 Å². The molecule has 4 rings (SSSR count). The maximum absolute atomic E-state index is 13.3. The van der Waals surface area contributed by atoms with E-state index in [4.69, 9.17) is 11.6 Å². The average Bonchev–Trinajstić information content (AvgIpc) is 3.46. The maximum Gasteiger partial charge on any atom is 0.250 e. The molecular weight excluding hydrogens is 534 g/mol. The molecule has 12 heteroatoms. The molecule has 37 heavy (non-hydrogen) atoms. The zero-order valence-corrected chi connectivity index (χ0v) is 24.2. The Morgan fingerprint density at radius 3 is 2.59 bits per heavy atom. The number of amides is 2. The Labute approximate surface area is 228 Å². The minimum Gasteiger partial charge on any atom is -0.337 e. The SMILES string of the molecule is CC(C)N(CC1CCCN1C(=O)CN1CCCC(NS(=O)(=O)c2cc3nc(Cl)ccc3s2)C1=O)C(C)C. The molecular formula is C25H36ClN5O4S2. The topological polar surface area (TPSA) is 103 Å². The summed E-state index contributed by atoms with van der Waals surface area (Å²) in [6.45, 7) is 10.6. The van der Waals surface area contributed by atoms with Crippen LogP contribution in [0.3, 0.4) is 0 Å². The Morgan fingerprint density at radius 1 is 1.19 bits per heavy atom. The average molecular weight is 570 g/mol. The van der Waals surface area contributed by atoms with Crippen molar-refractivity contribution < 1.29 is 18.0 Å². The van der Waals surface area contributed by atoms with Gasteiger partial charge in [0.15, 0.2) is 0 Å². The first-order valence-electron chi connectivity index (χ1n) is 12.9. The fraction of sp³-hybridized carbons (Fsp3) is 0.640. The molecule has 0 saturated carbocycles. The fourth-order valence-electron chi connectivity index (χ4n) is 5.33. The molecule has 9 nitrogen and oxygen atoms in total. The van der Waals surface area contributed by atoms with Crippen LogP contribution in [-0.2, 0) is 19.6 Å². The number of nitrogens with zero attached hydrogens (tertiary/aromatic N) is 4. The number of piperidine rings is 1. The Hall–Kier alpha value is -1.79. The van der Waals surface area contributed by atoms with E-state index in [9.17, 15) is 18.0 Å². The Morgan fingerprint density at radius 2 is 1.89 bits per heavy atom. The van der Waals surface area contributed by atoms with Gasteiger partial charge >= 0.3 is 0 Å². The van der Waals surface area contributed by atoms with Gasteiger partial charge in [-0.25, -0.2) is 13.4 Å². The molecule has 0 bridgehead atoms. The highest BCUT2D eigenvalue weighted by atomic mass is 35.5. The van der Waals surface area contributed by atoms with Gasteiger partial charge in [-0.3, -0.25) is 14.5 Å². The summed E-state index contributed by atoms with van der Waals surface area (Å²) in [7, 11) is -3.94. The number of hydrogen-bond donors (Lipinski definition) is 1. The second-order valence-corrected chi connectivity index (χ2v) is 13.8. The van der Waals surface area contributed by atoms with E-state index in [1.165, 1.54) is 11.0 Å². The van der Waals surface area contributed by atoms with Gasteiger partial charge in [0.1, 0.15) is 15.4 Å². The summed E-state index contributed by atoms with van der Waals surface area (Å²) in [5, 5.41) is 0.284. The summed E-state index contributed by atoms with van der Waals surface area (Å²) >= 11 is 7.01. The number of halogens is 1. The molecule has 2 saturated heterocycles. The van der Waals surface area contributed by atoms with Crippen molar-refractivity contribution in [1.29, 1.82) is 0 Å². The predicted molar refractivity (Wildman–Crippen MR) is 146 cm³/mol. The molecule has 0 radical (unpaired) electrons. The number of nitrogens with one attached hydrogen (secondary N) is 1. The molecule has 2 fully saturated rings. The normalized spacial score (nSPS) is 21.2. The largest absolute Gasteiger partial charge is 0.337 e. The fourth-order valence-corrected chi connectivity index (χ4v) is 8.05. The number of fused-ring (bicyclic) bond motifs is 1. The van der Waals surface area contributed by atoms with Crippen LogP contribution in [0.5, 0.6) is 0 Å². The van der Waals surface area contributed by atoms with E-state index in [1.54, 1.807) is 12.1 Å². The number of likely N-dealkylation sites (tertiary alicyclic amines) is 2. The summed E-state index contributed by atoms with van der Waals surface area (Å²) in [5.41, 5.74) is 0.494. The second-order valence-electron chi connectivity index (χ2n) is 10.4. The second kappa shape index (κ2) is 11.5. The zero-order chi connectivity index (χ0) is 26.9. The molecule has 0 spiro atoms. The number of sulfonamides is 1. The van der Waals surface area contributed by atoms with Crippen LogP contribution in [0, 0.1) is 0 Å². The van der Waals surface area contributed by atoms with Crippen LogP contribution in [0.1, 0.15) is 53.4 Å². The zero-order valence-electron chi connectivity index (χ0n) is 21.8. The highest BCUT2D eigenvalue weighted by molar-refractivity contribution is 7.91. The first-order chi connectivity index (χ1) is 17.5. The van der Waals surface area contributed by atoms with Crippen molar-refractivity contribution in [3.63, 3.8) is 0 Å². The van der Waals surface area contributed by atoms with Crippen molar-refractivity contribution in [2.75, 3.05) is 26.2 Å². The summed E-state index contributed by atoms with van der Waals surface area (Å²) in [6.07, 6.45) is 2.91. The molecule has 0 aliphatic carbocycles. The Balaban J connectivity index is 1.41. The third kappa shape index (κ3) is 6.44. The van der Waals surface area contributed by atoms with Gasteiger partial charge in [-0.2, -0.15) is 4.72 Å². The maximum atomic E-state index is 13.3. The van der Waals surface area contributed by atoms with E-state index in [1.807, 2.05) is 4.90 Å². The first-order valence-corrected chi connectivity index (χ1v) is 15.6. The van der Waals surface area contributed by atoms with Gasteiger partial charge in [0.25, 0.3) is 10.0 Å². The standard InChI is InChI=1S/C25H36ClN5O4S2/c1-16(2)31(17(3)4)14-18-7-5-12-30(18)23(32)15-29-11-6-8-19(25(29)33)28-37(34,35)24-13-20-21(36-24)9-10-22(26)27-20/h9-10,13,16-19,28H,5-8,11-12,14-15H2,1-4H3. The molecule has 2 aliphatic rings. The molecule has 2 aromatic heterocycles. The third-order valence-corrected chi connectivity index (χ3v) is 10.4. The lowest BCUT2D eigenvalue weighted by Crippen LogP contribution is -2.55. The predicted octanol–water partition coefficient (Wildman–Crippen LogP) is 3.33. The number of rotatable bonds is 9. The van der Waals surface area contributed by atoms with Gasteiger partial charge in [0, 0.05) is 37.8 Å². The van der Waals surface area contributed by atoms with Crippen LogP contribution in [0.2, 0.25) is 5.15 Å². The molecule has 2 atom stereocenters. The molecule has 4 heterocycles. The Bertz CT molecular complexity index is 1240. The minimum atomic E-state index is -3.94. The van der Waals surface area contributed by atoms with Crippen molar-refractivity contribution in [2.45, 2.75) is 81.8 Å². The van der Waals surface area contributed by atoms with E-state index in [0.29, 0.717) is 48.2 Å². The number of aromatic nitrogens is 1. The lowest BCUT2D eigenvalue weighted by Gasteiger charge is -2.37. The number of carbonyl (C=O) groups excluding carboxylic acids is 2. The first kappa shape index (κ1) is 28.2. The molecule has 204 valence electrons. The quantitative estimate of drug-likeness (QED) is 0.465. The summed E-state index contributed by atoms with van der Waals surface area (Å²) < 4.78 is 29.5. The van der Waals surface area contributed by atoms with Gasteiger partial charge < -0.3 is 9.80 Å². The Kier molecular flexibility index (Phi) is 8.79. The van der Waals surface area contributed by atoms with Crippen molar-refractivity contribution in [3.8, 4) is 0 Å². The van der Waals surface area contributed by atoms with Crippen LogP contribution in [-0.4, -0.2) is 90.3 Å². The van der Waals surface area contributed by atoms with Crippen molar-refractivity contribution in [1.82, 2.24) is 24.4 Å². The smallest absolute Gasteiger partial charge is 0.250 e. The highest BCUT2D eigenvalue weighted by Gasteiger charge is 2.37. The van der Waals surface area contributed by atoms with E-state index in [-0.39, 0.29) is 33.8 Å². The van der Waals surface area contributed by atoms with E-state index < -0.39 is 16.1 Å². The molecule has 1 N–H and O–H groups in total. The van der Waals surface area contributed by atoms with Crippen molar-refractivity contribution in [3.05, 3.63) is 23.4 Å². The van der Waals surface area contributed by atoms with Crippen LogP contribution < -0.4 is 4.72 Å². The third-order valence-electron chi connectivity index (χ3n) is 7.18. The summed E-state index contributed by atoms with van der Waals surface area (Å²) in [5.74, 6) is -0.425. The number of thiophene rings is 1. The minimum absolute atomic E-state index is 0.0256. The monoisotopic (exact) mass is 569 g/mol. The van der Waals surface area contributed by atoms with Crippen LogP contribution in [0.15, 0.2) is 22.4 Å². The van der Waals surface area contributed by atoms with Crippen molar-refractivity contribution >= 4 is 55.0 Å². The summed E-state index contributed by atoms with van der Waals surface area (Å²) in [6, 6.07) is 4.78. The molecule has 2 amide bonds. The van der Waals surface area contributed by atoms with Crippen molar-refractivity contribution in [2.24, 2.45) is 0 Å². The molecule has 2 unspecified atom stereocenters. The number of pyridine rings is 1. The summed E-state index contributed by atoms with van der Waals surface area (Å²) in [4.78, 5) is 36.5. The van der Waals surface area contributed by atoms with E-state index >= 15 is 0 Å².